The number of hydrogen-bond acceptors (Lipinski definition) is 8. The third kappa shape index (κ3) is 3.05. The Kier molecular flexibility index (Phi) is 3.87. The molecular weight excluding hydrogens is 286 g/mol. The second-order valence-electron chi connectivity index (χ2n) is 5.23. The molecule has 0 N–H and O–H groups in total. The van der Waals surface area contributed by atoms with E-state index in [0.29, 0.717) is 0 Å². The molecular formula is C13H19N7S. The van der Waals surface area contributed by atoms with Crippen molar-refractivity contribution in [2.24, 2.45) is 0 Å². The van der Waals surface area contributed by atoms with Crippen molar-refractivity contribution in [1.29, 1.82) is 0 Å². The van der Waals surface area contributed by atoms with Gasteiger partial charge in [0.05, 0.1) is 0 Å². The van der Waals surface area contributed by atoms with E-state index in [0.717, 1.165) is 48.8 Å². The molecule has 7 nitrogen and oxygen atoms in total. The maximum atomic E-state index is 4.45. The average molecular weight is 305 g/mol. The predicted molar refractivity (Wildman–Crippen MR) is 85.4 cm³/mol. The molecule has 1 aliphatic rings. The monoisotopic (exact) mass is 305 g/mol. The summed E-state index contributed by atoms with van der Waals surface area (Å²) in [4.78, 5) is 19.7. The molecule has 1 aliphatic heterocycles. The summed E-state index contributed by atoms with van der Waals surface area (Å²) in [5.74, 6) is 2.77. The Hall–Kier alpha value is -1.96. The lowest BCUT2D eigenvalue weighted by Crippen LogP contribution is -2.46. The zero-order valence-corrected chi connectivity index (χ0v) is 13.3. The van der Waals surface area contributed by atoms with E-state index in [9.17, 15) is 0 Å². The molecule has 0 aliphatic carbocycles. The van der Waals surface area contributed by atoms with Crippen LogP contribution in [0.25, 0.3) is 0 Å². The maximum Gasteiger partial charge on any atom is 0.205 e. The van der Waals surface area contributed by atoms with Crippen LogP contribution in [0.3, 0.4) is 0 Å². The quantitative estimate of drug-likeness (QED) is 0.839. The normalized spacial score (nSPS) is 15.4. The predicted octanol–water partition coefficient (Wildman–Crippen LogP) is 1.03. The fourth-order valence-corrected chi connectivity index (χ4v) is 3.02. The van der Waals surface area contributed by atoms with Crippen molar-refractivity contribution in [2.75, 3.05) is 55.0 Å². The molecule has 3 heterocycles. The van der Waals surface area contributed by atoms with E-state index in [-0.39, 0.29) is 0 Å². The van der Waals surface area contributed by atoms with Crippen molar-refractivity contribution in [1.82, 2.24) is 19.3 Å². The van der Waals surface area contributed by atoms with Crippen LogP contribution in [0.15, 0.2) is 12.4 Å². The summed E-state index contributed by atoms with van der Waals surface area (Å²) in [6.45, 7) is 5.68. The van der Waals surface area contributed by atoms with Gasteiger partial charge in [-0.2, -0.15) is 4.37 Å². The largest absolute Gasteiger partial charge is 0.363 e. The van der Waals surface area contributed by atoms with E-state index in [4.69, 9.17) is 0 Å². The molecule has 112 valence electrons. The van der Waals surface area contributed by atoms with E-state index in [1.165, 1.54) is 11.5 Å². The lowest BCUT2D eigenvalue weighted by Gasteiger charge is -2.35. The molecule has 0 radical (unpaired) electrons. The van der Waals surface area contributed by atoms with Gasteiger partial charge in [-0.05, 0) is 6.92 Å². The van der Waals surface area contributed by atoms with E-state index >= 15 is 0 Å². The van der Waals surface area contributed by atoms with Gasteiger partial charge in [0, 0.05) is 57.9 Å². The first kappa shape index (κ1) is 14.0. The van der Waals surface area contributed by atoms with E-state index in [1.54, 1.807) is 6.33 Å². The van der Waals surface area contributed by atoms with Gasteiger partial charge in [0.25, 0.3) is 0 Å². The van der Waals surface area contributed by atoms with Crippen molar-refractivity contribution in [3.63, 3.8) is 0 Å². The molecule has 3 rings (SSSR count). The summed E-state index contributed by atoms with van der Waals surface area (Å²) < 4.78 is 4.25. The second-order valence-corrected chi connectivity index (χ2v) is 5.96. The summed E-state index contributed by atoms with van der Waals surface area (Å²) in [6, 6.07) is 2.03. The van der Waals surface area contributed by atoms with Crippen LogP contribution >= 0.6 is 11.5 Å². The van der Waals surface area contributed by atoms with E-state index < -0.39 is 0 Å². The highest BCUT2D eigenvalue weighted by molar-refractivity contribution is 7.09. The summed E-state index contributed by atoms with van der Waals surface area (Å²) in [7, 11) is 3.98. The topological polar surface area (TPSA) is 61.3 Å². The van der Waals surface area contributed by atoms with Gasteiger partial charge < -0.3 is 14.7 Å². The van der Waals surface area contributed by atoms with Crippen LogP contribution in [0.2, 0.25) is 0 Å². The zero-order valence-electron chi connectivity index (χ0n) is 12.5. The van der Waals surface area contributed by atoms with Gasteiger partial charge >= 0.3 is 0 Å². The van der Waals surface area contributed by atoms with Crippen LogP contribution in [0.4, 0.5) is 16.8 Å². The summed E-state index contributed by atoms with van der Waals surface area (Å²) in [5.41, 5.74) is 0. The minimum atomic E-state index is 0.851. The lowest BCUT2D eigenvalue weighted by molar-refractivity contribution is 0.645. The Morgan fingerprint density at radius 2 is 1.81 bits per heavy atom. The number of aryl methyl sites for hydroxylation is 1. The Morgan fingerprint density at radius 3 is 2.43 bits per heavy atom. The Bertz CT molecular complexity index is 604. The van der Waals surface area contributed by atoms with Crippen LogP contribution < -0.4 is 14.7 Å². The summed E-state index contributed by atoms with van der Waals surface area (Å²) in [5, 5.41) is 1.02. The lowest BCUT2D eigenvalue weighted by atomic mass is 10.3. The zero-order chi connectivity index (χ0) is 14.8. The molecule has 2 aromatic heterocycles. The molecule has 0 unspecified atom stereocenters. The second kappa shape index (κ2) is 5.80. The number of anilines is 3. The summed E-state index contributed by atoms with van der Waals surface area (Å²) >= 11 is 1.47. The van der Waals surface area contributed by atoms with Crippen molar-refractivity contribution in [2.45, 2.75) is 6.92 Å². The molecule has 1 fully saturated rings. The third-order valence-corrected chi connectivity index (χ3v) is 4.36. The SMILES string of the molecule is Cc1nsc(N2CCN(c3cc(N(C)C)ncn3)CC2)n1. The highest BCUT2D eigenvalue weighted by Crippen LogP contribution is 2.22. The number of aromatic nitrogens is 4. The van der Waals surface area contributed by atoms with Gasteiger partial charge in [-0.1, -0.05) is 0 Å². The van der Waals surface area contributed by atoms with Crippen LogP contribution in [0.5, 0.6) is 0 Å². The molecule has 1 saturated heterocycles. The fourth-order valence-electron chi connectivity index (χ4n) is 2.30. The number of piperazine rings is 1. The van der Waals surface area contributed by atoms with E-state index in [2.05, 4.69) is 29.1 Å². The summed E-state index contributed by atoms with van der Waals surface area (Å²) in [6.07, 6.45) is 1.63. The van der Waals surface area contributed by atoms with Crippen molar-refractivity contribution in [3.8, 4) is 0 Å². The van der Waals surface area contributed by atoms with Gasteiger partial charge in [-0.15, -0.1) is 0 Å². The molecule has 0 atom stereocenters. The minimum Gasteiger partial charge on any atom is -0.363 e. The molecule has 0 bridgehead atoms. The van der Waals surface area contributed by atoms with Crippen LogP contribution in [0.1, 0.15) is 5.82 Å². The van der Waals surface area contributed by atoms with Gasteiger partial charge in [-0.3, -0.25) is 0 Å². The minimum absolute atomic E-state index is 0.851. The molecule has 2 aromatic rings. The average Bonchev–Trinajstić information content (AvgIpc) is 2.94. The standard InChI is InChI=1S/C13H19N7S/c1-10-16-13(21-17-10)20-6-4-19(5-7-20)12-8-11(18(2)3)14-9-15-12/h8-9H,4-7H2,1-3H3. The Labute approximate surface area is 128 Å². The van der Waals surface area contributed by atoms with E-state index in [1.807, 2.05) is 32.0 Å². The van der Waals surface area contributed by atoms with Gasteiger partial charge in [0.15, 0.2) is 0 Å². The van der Waals surface area contributed by atoms with Crippen molar-refractivity contribution < 1.29 is 0 Å². The van der Waals surface area contributed by atoms with Crippen LogP contribution in [-0.4, -0.2) is 59.6 Å². The Morgan fingerprint density at radius 1 is 1.10 bits per heavy atom. The van der Waals surface area contributed by atoms with Gasteiger partial charge in [0.1, 0.15) is 23.8 Å². The third-order valence-electron chi connectivity index (χ3n) is 3.49. The van der Waals surface area contributed by atoms with Gasteiger partial charge in [-0.25, -0.2) is 15.0 Å². The van der Waals surface area contributed by atoms with Gasteiger partial charge in [0.2, 0.25) is 5.13 Å². The molecule has 0 saturated carbocycles. The number of rotatable bonds is 3. The number of hydrogen-bond donors (Lipinski definition) is 0. The van der Waals surface area contributed by atoms with Crippen molar-refractivity contribution in [3.05, 3.63) is 18.2 Å². The maximum absolute atomic E-state index is 4.45. The van der Waals surface area contributed by atoms with Crippen molar-refractivity contribution >= 4 is 28.3 Å². The number of nitrogens with zero attached hydrogens (tertiary/aromatic N) is 7. The molecule has 8 heteroatoms. The Balaban J connectivity index is 1.67. The molecule has 0 spiro atoms. The molecule has 0 amide bonds. The first-order chi connectivity index (χ1) is 10.1. The molecule has 0 aromatic carbocycles. The first-order valence-corrected chi connectivity index (χ1v) is 7.70. The van der Waals surface area contributed by atoms with Crippen LogP contribution in [-0.2, 0) is 0 Å². The smallest absolute Gasteiger partial charge is 0.205 e. The highest BCUT2D eigenvalue weighted by atomic mass is 32.1. The molecule has 21 heavy (non-hydrogen) atoms. The highest BCUT2D eigenvalue weighted by Gasteiger charge is 2.20. The fraction of sp³-hybridized carbons (Fsp3) is 0.538. The first-order valence-electron chi connectivity index (χ1n) is 6.93. The van der Waals surface area contributed by atoms with Crippen LogP contribution in [0, 0.1) is 6.92 Å².